The summed E-state index contributed by atoms with van der Waals surface area (Å²) in [6.45, 7) is 4.83. The van der Waals surface area contributed by atoms with Crippen molar-refractivity contribution < 1.29 is 4.74 Å². The minimum Gasteiger partial charge on any atom is -0.496 e. The number of nitriles is 1. The molecule has 0 aliphatic carbocycles. The number of hydrogen-bond acceptors (Lipinski definition) is 3. The molecule has 0 heterocycles. The van der Waals surface area contributed by atoms with Crippen molar-refractivity contribution in [1.29, 1.82) is 5.26 Å². The monoisotopic (exact) mass is 280 g/mol. The lowest BCUT2D eigenvalue weighted by atomic mass is 10.0. The first kappa shape index (κ1) is 15.1. The predicted molar refractivity (Wildman–Crippen MR) is 84.1 cm³/mol. The van der Waals surface area contributed by atoms with Crippen LogP contribution < -0.4 is 10.1 Å². The van der Waals surface area contributed by atoms with E-state index in [1.165, 1.54) is 5.56 Å². The van der Waals surface area contributed by atoms with Gasteiger partial charge in [-0.3, -0.25) is 0 Å². The van der Waals surface area contributed by atoms with Gasteiger partial charge in [-0.05, 0) is 31.5 Å². The molecule has 0 saturated heterocycles. The molecule has 0 fully saturated rings. The predicted octanol–water partition coefficient (Wildman–Crippen LogP) is 3.73. The van der Waals surface area contributed by atoms with Crippen molar-refractivity contribution in [3.8, 4) is 11.8 Å². The number of ether oxygens (including phenoxy) is 1. The van der Waals surface area contributed by atoms with Gasteiger partial charge < -0.3 is 10.1 Å². The van der Waals surface area contributed by atoms with Gasteiger partial charge in [-0.1, -0.05) is 35.9 Å². The van der Waals surface area contributed by atoms with Gasteiger partial charge in [-0.2, -0.15) is 5.26 Å². The second-order valence-electron chi connectivity index (χ2n) is 5.12. The van der Waals surface area contributed by atoms with E-state index in [1.54, 1.807) is 7.11 Å². The molecule has 0 radical (unpaired) electrons. The van der Waals surface area contributed by atoms with E-state index in [-0.39, 0.29) is 6.04 Å². The Balaban J connectivity index is 2.14. The van der Waals surface area contributed by atoms with Crippen LogP contribution in [0.1, 0.15) is 35.2 Å². The maximum absolute atomic E-state index is 9.12. The first-order chi connectivity index (χ1) is 10.2. The van der Waals surface area contributed by atoms with E-state index in [2.05, 4.69) is 31.3 Å². The number of methoxy groups -OCH3 is 1. The lowest BCUT2D eigenvalue weighted by Crippen LogP contribution is -2.19. The molecule has 1 atom stereocenters. The second kappa shape index (κ2) is 6.92. The van der Waals surface area contributed by atoms with Crippen LogP contribution in [0.3, 0.4) is 0 Å². The highest BCUT2D eigenvalue weighted by atomic mass is 16.5. The molecule has 2 aromatic rings. The van der Waals surface area contributed by atoms with Crippen LogP contribution in [0, 0.1) is 18.3 Å². The molecular weight excluding hydrogens is 260 g/mol. The highest BCUT2D eigenvalue weighted by Crippen LogP contribution is 2.26. The van der Waals surface area contributed by atoms with Gasteiger partial charge in [0.1, 0.15) is 5.75 Å². The van der Waals surface area contributed by atoms with E-state index in [4.69, 9.17) is 10.00 Å². The van der Waals surface area contributed by atoms with Crippen LogP contribution in [0.15, 0.2) is 42.5 Å². The molecule has 1 unspecified atom stereocenters. The SMILES string of the molecule is COc1ccc(C)cc1C(C)NCc1ccccc1C#N. The van der Waals surface area contributed by atoms with Gasteiger partial charge >= 0.3 is 0 Å². The molecule has 2 aromatic carbocycles. The Morgan fingerprint density at radius 2 is 2.00 bits per heavy atom. The number of benzene rings is 2. The summed E-state index contributed by atoms with van der Waals surface area (Å²) in [5, 5.41) is 12.6. The molecule has 0 aromatic heterocycles. The van der Waals surface area contributed by atoms with Gasteiger partial charge in [0.2, 0.25) is 0 Å². The lowest BCUT2D eigenvalue weighted by molar-refractivity contribution is 0.401. The third-order valence-corrected chi connectivity index (χ3v) is 3.59. The van der Waals surface area contributed by atoms with Crippen molar-refractivity contribution in [2.24, 2.45) is 0 Å². The van der Waals surface area contributed by atoms with Crippen LogP contribution >= 0.6 is 0 Å². The second-order valence-corrected chi connectivity index (χ2v) is 5.12. The van der Waals surface area contributed by atoms with Crippen molar-refractivity contribution in [2.45, 2.75) is 26.4 Å². The van der Waals surface area contributed by atoms with E-state index in [9.17, 15) is 0 Å². The zero-order chi connectivity index (χ0) is 15.2. The van der Waals surface area contributed by atoms with Crippen LogP contribution in [0.2, 0.25) is 0 Å². The van der Waals surface area contributed by atoms with Crippen LogP contribution in [0.4, 0.5) is 0 Å². The molecule has 3 heteroatoms. The van der Waals surface area contributed by atoms with Crippen molar-refractivity contribution in [1.82, 2.24) is 5.32 Å². The third-order valence-electron chi connectivity index (χ3n) is 3.59. The number of nitrogens with zero attached hydrogens (tertiary/aromatic N) is 1. The maximum atomic E-state index is 9.12. The fourth-order valence-electron chi connectivity index (χ4n) is 2.35. The topological polar surface area (TPSA) is 45.0 Å². The molecule has 0 aliphatic rings. The molecule has 21 heavy (non-hydrogen) atoms. The summed E-state index contributed by atoms with van der Waals surface area (Å²) in [6.07, 6.45) is 0. The molecule has 3 nitrogen and oxygen atoms in total. The van der Waals surface area contributed by atoms with E-state index < -0.39 is 0 Å². The Bertz CT molecular complexity index is 659. The quantitative estimate of drug-likeness (QED) is 0.907. The molecule has 0 saturated carbocycles. The summed E-state index contributed by atoms with van der Waals surface area (Å²) in [7, 11) is 1.69. The molecule has 0 spiro atoms. The summed E-state index contributed by atoms with van der Waals surface area (Å²) in [4.78, 5) is 0. The highest BCUT2D eigenvalue weighted by molar-refractivity contribution is 5.40. The molecule has 108 valence electrons. The van der Waals surface area contributed by atoms with E-state index >= 15 is 0 Å². The zero-order valence-electron chi connectivity index (χ0n) is 12.7. The smallest absolute Gasteiger partial charge is 0.123 e. The highest BCUT2D eigenvalue weighted by Gasteiger charge is 2.12. The summed E-state index contributed by atoms with van der Waals surface area (Å²) < 4.78 is 5.43. The fraction of sp³-hybridized carbons (Fsp3) is 0.278. The molecule has 0 aliphatic heterocycles. The van der Waals surface area contributed by atoms with Crippen molar-refractivity contribution in [2.75, 3.05) is 7.11 Å². The normalized spacial score (nSPS) is 11.7. The van der Waals surface area contributed by atoms with Gasteiger partial charge in [-0.25, -0.2) is 0 Å². The minimum absolute atomic E-state index is 0.145. The largest absolute Gasteiger partial charge is 0.496 e. The summed E-state index contributed by atoms with van der Waals surface area (Å²) in [5.74, 6) is 0.883. The molecule has 2 rings (SSSR count). The third kappa shape index (κ3) is 3.62. The minimum atomic E-state index is 0.145. The van der Waals surface area contributed by atoms with E-state index in [0.717, 1.165) is 16.9 Å². The first-order valence-corrected chi connectivity index (χ1v) is 7.01. The standard InChI is InChI=1S/C18H20N2O/c1-13-8-9-18(21-3)17(10-13)14(2)20-12-16-7-5-4-6-15(16)11-19/h4-10,14,20H,12H2,1-3H3. The maximum Gasteiger partial charge on any atom is 0.123 e. The number of rotatable bonds is 5. The van der Waals surface area contributed by atoms with Crippen LogP contribution in [-0.4, -0.2) is 7.11 Å². The molecular formula is C18H20N2O. The Morgan fingerprint density at radius 1 is 1.24 bits per heavy atom. The van der Waals surface area contributed by atoms with Gasteiger partial charge in [0, 0.05) is 18.2 Å². The van der Waals surface area contributed by atoms with Gasteiger partial charge in [0.25, 0.3) is 0 Å². The van der Waals surface area contributed by atoms with Crippen LogP contribution in [-0.2, 0) is 6.54 Å². The molecule has 0 bridgehead atoms. The summed E-state index contributed by atoms with van der Waals surface area (Å²) >= 11 is 0. The summed E-state index contributed by atoms with van der Waals surface area (Å²) in [6, 6.07) is 16.2. The van der Waals surface area contributed by atoms with Gasteiger partial charge in [-0.15, -0.1) is 0 Å². The van der Waals surface area contributed by atoms with Crippen molar-refractivity contribution in [3.05, 3.63) is 64.7 Å². The average molecular weight is 280 g/mol. The lowest BCUT2D eigenvalue weighted by Gasteiger charge is -2.18. The first-order valence-electron chi connectivity index (χ1n) is 7.01. The van der Waals surface area contributed by atoms with Gasteiger partial charge in [0.05, 0.1) is 18.7 Å². The van der Waals surface area contributed by atoms with Gasteiger partial charge in [0.15, 0.2) is 0 Å². The Labute approximate surface area is 126 Å². The van der Waals surface area contributed by atoms with Crippen molar-refractivity contribution >= 4 is 0 Å². The van der Waals surface area contributed by atoms with Crippen LogP contribution in [0.25, 0.3) is 0 Å². The number of hydrogen-bond donors (Lipinski definition) is 1. The average Bonchev–Trinajstić information content (AvgIpc) is 2.52. The Hall–Kier alpha value is -2.31. The molecule has 1 N–H and O–H groups in total. The Morgan fingerprint density at radius 3 is 2.71 bits per heavy atom. The van der Waals surface area contributed by atoms with E-state index in [1.807, 2.05) is 36.4 Å². The number of aryl methyl sites for hydroxylation is 1. The summed E-state index contributed by atoms with van der Waals surface area (Å²) in [5.41, 5.74) is 4.07. The Kier molecular flexibility index (Phi) is 4.97. The number of nitrogens with one attached hydrogen (secondary N) is 1. The zero-order valence-corrected chi connectivity index (χ0v) is 12.7. The van der Waals surface area contributed by atoms with Crippen LogP contribution in [0.5, 0.6) is 5.75 Å². The fourth-order valence-corrected chi connectivity index (χ4v) is 2.35. The molecule has 0 amide bonds. The van der Waals surface area contributed by atoms with E-state index in [0.29, 0.717) is 12.1 Å². The van der Waals surface area contributed by atoms with Crippen molar-refractivity contribution in [3.63, 3.8) is 0 Å².